The summed E-state index contributed by atoms with van der Waals surface area (Å²) in [7, 11) is -0.558. The first-order valence-corrected chi connectivity index (χ1v) is 10.8. The minimum atomic E-state index is -2.31. The molecule has 0 aromatic carbocycles. The van der Waals surface area contributed by atoms with Crippen molar-refractivity contribution in [2.45, 2.75) is 76.7 Å². The number of rotatable bonds is 4. The molecule has 0 saturated carbocycles. The van der Waals surface area contributed by atoms with Gasteiger partial charge in [-0.2, -0.15) is 10.1 Å². The summed E-state index contributed by atoms with van der Waals surface area (Å²) in [5.41, 5.74) is -0.708. The van der Waals surface area contributed by atoms with Crippen LogP contribution in [0.2, 0.25) is 0 Å². The van der Waals surface area contributed by atoms with Gasteiger partial charge in [-0.25, -0.2) is 0 Å². The van der Waals surface area contributed by atoms with Crippen LogP contribution in [-0.2, 0) is 9.05 Å². The summed E-state index contributed by atoms with van der Waals surface area (Å²) in [4.78, 5) is 0. The Kier molecular flexibility index (Phi) is 6.19. The molecule has 142 valence electrons. The van der Waals surface area contributed by atoms with Gasteiger partial charge in [-0.3, -0.25) is 4.74 Å². The van der Waals surface area contributed by atoms with E-state index >= 15 is 0 Å². The molecule has 0 aliphatic carbocycles. The Labute approximate surface area is 146 Å². The molecule has 2 fully saturated rings. The van der Waals surface area contributed by atoms with E-state index in [4.69, 9.17) is 9.05 Å². The number of nitrogens with zero attached hydrogens (tertiary/aromatic N) is 3. The van der Waals surface area contributed by atoms with Crippen LogP contribution in [-0.4, -0.2) is 70.6 Å². The highest BCUT2D eigenvalue weighted by molar-refractivity contribution is 7.55. The van der Waals surface area contributed by atoms with Crippen molar-refractivity contribution >= 4 is 7.51 Å². The van der Waals surface area contributed by atoms with E-state index in [9.17, 15) is 10.4 Å². The molecule has 2 saturated heterocycles. The fourth-order valence-corrected chi connectivity index (χ4v) is 5.58. The summed E-state index contributed by atoms with van der Waals surface area (Å²) in [5, 5.41) is 22.7. The summed E-state index contributed by atoms with van der Waals surface area (Å²) >= 11 is 0. The average molecular weight is 363 g/mol. The smallest absolute Gasteiger partial charge is 0.209 e. The van der Waals surface area contributed by atoms with Crippen molar-refractivity contribution < 1.29 is 19.5 Å². The fourth-order valence-electron chi connectivity index (χ4n) is 3.87. The number of hydrogen-bond donors (Lipinski definition) is 2. The highest BCUT2D eigenvalue weighted by Gasteiger charge is 2.46. The molecule has 1 unspecified atom stereocenters. The third kappa shape index (κ3) is 4.79. The standard InChI is InChI=1S/C16H34N3O4P/c1-15(2)11-14(12-16(3,4)19(15)21)23-24(6,17-5)22-13-7-9-18(20)10-8-13/h13-14,20-21H,7-12H2,1-6H3. The second kappa shape index (κ2) is 7.31. The molecular weight excluding hydrogens is 329 g/mol. The second-order valence-corrected chi connectivity index (χ2v) is 10.8. The van der Waals surface area contributed by atoms with Crippen LogP contribution in [0, 0.1) is 0 Å². The van der Waals surface area contributed by atoms with Crippen LogP contribution < -0.4 is 0 Å². The first kappa shape index (κ1) is 20.3. The minimum absolute atomic E-state index is 0.00151. The maximum Gasteiger partial charge on any atom is 0.209 e. The largest absolute Gasteiger partial charge is 0.321 e. The van der Waals surface area contributed by atoms with Gasteiger partial charge in [0.25, 0.3) is 0 Å². The van der Waals surface area contributed by atoms with Crippen molar-refractivity contribution in [1.82, 2.24) is 10.1 Å². The van der Waals surface area contributed by atoms with Gasteiger partial charge in [0.15, 0.2) is 0 Å². The molecule has 7 nitrogen and oxygen atoms in total. The van der Waals surface area contributed by atoms with E-state index in [0.717, 1.165) is 25.7 Å². The van der Waals surface area contributed by atoms with Crippen LogP contribution in [0.5, 0.6) is 0 Å². The van der Waals surface area contributed by atoms with Crippen molar-refractivity contribution in [2.75, 3.05) is 26.8 Å². The minimum Gasteiger partial charge on any atom is -0.321 e. The molecule has 0 bridgehead atoms. The van der Waals surface area contributed by atoms with E-state index in [1.54, 1.807) is 7.05 Å². The van der Waals surface area contributed by atoms with Crippen LogP contribution in [0.25, 0.3) is 0 Å². The molecule has 0 radical (unpaired) electrons. The van der Waals surface area contributed by atoms with Crippen LogP contribution in [0.3, 0.4) is 0 Å². The third-order valence-electron chi connectivity index (χ3n) is 5.07. The normalized spacial score (nSPS) is 29.3. The Morgan fingerprint density at radius 1 is 0.958 bits per heavy atom. The maximum atomic E-state index is 10.4. The monoisotopic (exact) mass is 363 g/mol. The molecule has 1 atom stereocenters. The topological polar surface area (TPSA) is 77.8 Å². The molecular formula is C16H34N3O4P. The van der Waals surface area contributed by atoms with Gasteiger partial charge in [-0.05, 0) is 53.4 Å². The number of hydroxylamine groups is 4. The third-order valence-corrected chi connectivity index (χ3v) is 7.18. The molecule has 0 aromatic heterocycles. The van der Waals surface area contributed by atoms with Gasteiger partial charge < -0.3 is 19.5 Å². The predicted octanol–water partition coefficient (Wildman–Crippen LogP) is 3.57. The van der Waals surface area contributed by atoms with Gasteiger partial charge >= 0.3 is 0 Å². The molecule has 2 N–H and O–H groups in total. The first-order chi connectivity index (χ1) is 11.0. The highest BCUT2D eigenvalue weighted by Crippen LogP contribution is 2.53. The first-order valence-electron chi connectivity index (χ1n) is 8.75. The molecule has 8 heteroatoms. The van der Waals surface area contributed by atoms with Crippen molar-refractivity contribution in [3.63, 3.8) is 0 Å². The van der Waals surface area contributed by atoms with Crippen molar-refractivity contribution in [1.29, 1.82) is 0 Å². The van der Waals surface area contributed by atoms with Gasteiger partial charge in [0.1, 0.15) is 0 Å². The van der Waals surface area contributed by atoms with Gasteiger partial charge in [-0.15, -0.1) is 0 Å². The Balaban J connectivity index is 2.04. The van der Waals surface area contributed by atoms with E-state index in [-0.39, 0.29) is 23.3 Å². The lowest BCUT2D eigenvalue weighted by molar-refractivity contribution is -0.255. The highest BCUT2D eigenvalue weighted by atomic mass is 31.2. The quantitative estimate of drug-likeness (QED) is 0.744. The van der Waals surface area contributed by atoms with Crippen molar-refractivity contribution in [3.05, 3.63) is 0 Å². The van der Waals surface area contributed by atoms with Gasteiger partial charge in [0.2, 0.25) is 7.51 Å². The summed E-state index contributed by atoms with van der Waals surface area (Å²) in [6.45, 7) is 11.3. The lowest BCUT2D eigenvalue weighted by Crippen LogP contribution is -2.60. The molecule has 0 aromatic rings. The molecule has 2 aliphatic rings. The Bertz CT molecular complexity index is 472. The van der Waals surface area contributed by atoms with E-state index in [1.165, 1.54) is 10.1 Å². The molecule has 24 heavy (non-hydrogen) atoms. The zero-order valence-electron chi connectivity index (χ0n) is 15.9. The number of piperidine rings is 2. The van der Waals surface area contributed by atoms with Crippen molar-refractivity contribution in [3.8, 4) is 0 Å². The lowest BCUT2D eigenvalue weighted by atomic mass is 9.80. The van der Waals surface area contributed by atoms with Crippen molar-refractivity contribution in [2.24, 2.45) is 4.74 Å². The second-order valence-electron chi connectivity index (χ2n) is 8.33. The van der Waals surface area contributed by atoms with Gasteiger partial charge in [0.05, 0.1) is 12.2 Å². The zero-order chi connectivity index (χ0) is 18.2. The van der Waals surface area contributed by atoms with Crippen LogP contribution in [0.1, 0.15) is 53.4 Å². The number of hydrogen-bond acceptors (Lipinski definition) is 7. The van der Waals surface area contributed by atoms with Gasteiger partial charge in [0, 0.05) is 37.9 Å². The summed E-state index contributed by atoms with van der Waals surface area (Å²) < 4.78 is 17.1. The van der Waals surface area contributed by atoms with Crippen LogP contribution in [0.4, 0.5) is 0 Å². The van der Waals surface area contributed by atoms with E-state index < -0.39 is 7.51 Å². The molecule has 2 heterocycles. The summed E-state index contributed by atoms with van der Waals surface area (Å²) in [6, 6.07) is 0. The predicted molar refractivity (Wildman–Crippen MR) is 94.6 cm³/mol. The van der Waals surface area contributed by atoms with Crippen LogP contribution >= 0.6 is 7.51 Å². The van der Waals surface area contributed by atoms with Crippen LogP contribution in [0.15, 0.2) is 4.74 Å². The average Bonchev–Trinajstić information content (AvgIpc) is 2.46. The van der Waals surface area contributed by atoms with E-state index in [2.05, 4.69) is 4.74 Å². The van der Waals surface area contributed by atoms with E-state index in [0.29, 0.717) is 13.1 Å². The molecule has 0 amide bonds. The SMILES string of the molecule is CN=P(C)(OC1CCN(O)CC1)OC1CC(C)(C)N(O)C(C)(C)C1. The Hall–Kier alpha value is -0.0100. The fraction of sp³-hybridized carbons (Fsp3) is 1.00. The Morgan fingerprint density at radius 2 is 1.42 bits per heavy atom. The Morgan fingerprint density at radius 3 is 1.88 bits per heavy atom. The van der Waals surface area contributed by atoms with E-state index in [1.807, 2.05) is 34.4 Å². The lowest BCUT2D eigenvalue weighted by Gasteiger charge is -2.51. The summed E-state index contributed by atoms with van der Waals surface area (Å²) in [5.74, 6) is 0. The summed E-state index contributed by atoms with van der Waals surface area (Å²) in [6.07, 6.45) is 3.12. The molecule has 2 aliphatic heterocycles. The maximum absolute atomic E-state index is 10.4. The molecule has 2 rings (SSSR count). The zero-order valence-corrected chi connectivity index (χ0v) is 16.8. The van der Waals surface area contributed by atoms with Gasteiger partial charge in [-0.1, -0.05) is 0 Å². The molecule has 0 spiro atoms.